The Labute approximate surface area is 139 Å². The van der Waals surface area contributed by atoms with Crippen LogP contribution in [0, 0.1) is 0 Å². The minimum atomic E-state index is 0. The molecule has 1 heterocycles. The summed E-state index contributed by atoms with van der Waals surface area (Å²) in [5.74, 6) is 0. The van der Waals surface area contributed by atoms with E-state index in [9.17, 15) is 0 Å². The van der Waals surface area contributed by atoms with Crippen LogP contribution in [0.3, 0.4) is 0 Å². The zero-order valence-electron chi connectivity index (χ0n) is 12.3. The van der Waals surface area contributed by atoms with Gasteiger partial charge in [0.05, 0.1) is 0 Å². The molecule has 1 aliphatic heterocycles. The maximum Gasteiger partial charge on any atom is 0.0301 e. The van der Waals surface area contributed by atoms with Gasteiger partial charge in [-0.2, -0.15) is 0 Å². The quantitative estimate of drug-likeness (QED) is 0.887. The summed E-state index contributed by atoms with van der Waals surface area (Å²) in [4.78, 5) is 0. The van der Waals surface area contributed by atoms with E-state index in [-0.39, 0.29) is 24.8 Å². The third kappa shape index (κ3) is 4.33. The number of piperidine rings is 1. The fourth-order valence-electron chi connectivity index (χ4n) is 3.07. The predicted molar refractivity (Wildman–Crippen MR) is 95.9 cm³/mol. The lowest BCUT2D eigenvalue weighted by atomic mass is 9.98. The number of hydrogen-bond acceptors (Lipinski definition) is 2. The highest BCUT2D eigenvalue weighted by atomic mass is 35.5. The molecule has 0 aromatic heterocycles. The Bertz CT molecular complexity index is 548. The molecule has 2 atom stereocenters. The maximum atomic E-state index is 3.76. The van der Waals surface area contributed by atoms with E-state index in [0.29, 0.717) is 12.1 Å². The van der Waals surface area contributed by atoms with E-state index < -0.39 is 0 Å². The second-order valence-corrected chi connectivity index (χ2v) is 5.50. The van der Waals surface area contributed by atoms with Crippen LogP contribution in [0.1, 0.15) is 31.4 Å². The van der Waals surface area contributed by atoms with Crippen LogP contribution < -0.4 is 10.6 Å². The predicted octanol–water partition coefficient (Wildman–Crippen LogP) is 4.09. The molecule has 2 aromatic carbocycles. The summed E-state index contributed by atoms with van der Waals surface area (Å²) in [6.45, 7) is 4.53. The number of fused-ring (bicyclic) bond motifs is 1. The van der Waals surface area contributed by atoms with Crippen molar-refractivity contribution in [3.05, 3.63) is 48.0 Å². The van der Waals surface area contributed by atoms with Gasteiger partial charge in [-0.15, -0.1) is 24.8 Å². The number of nitrogens with one attached hydrogen (secondary N) is 2. The van der Waals surface area contributed by atoms with Crippen LogP contribution in [-0.2, 0) is 0 Å². The van der Waals surface area contributed by atoms with Gasteiger partial charge in [0.25, 0.3) is 0 Å². The molecule has 0 amide bonds. The van der Waals surface area contributed by atoms with Gasteiger partial charge in [0, 0.05) is 18.6 Å². The van der Waals surface area contributed by atoms with E-state index >= 15 is 0 Å². The third-order valence-corrected chi connectivity index (χ3v) is 4.07. The summed E-state index contributed by atoms with van der Waals surface area (Å²) in [6, 6.07) is 16.2. The summed E-state index contributed by atoms with van der Waals surface area (Å²) < 4.78 is 0. The van der Waals surface area contributed by atoms with E-state index in [1.165, 1.54) is 35.7 Å². The molecular weight excluding hydrogens is 303 g/mol. The molecule has 1 unspecified atom stereocenters. The molecule has 0 bridgehead atoms. The largest absolute Gasteiger partial charge is 0.315 e. The Morgan fingerprint density at radius 3 is 2.62 bits per heavy atom. The van der Waals surface area contributed by atoms with Crippen molar-refractivity contribution in [2.45, 2.75) is 31.8 Å². The number of rotatable bonds is 3. The first-order valence-corrected chi connectivity index (χ1v) is 7.29. The van der Waals surface area contributed by atoms with Gasteiger partial charge in [-0.3, -0.25) is 0 Å². The number of halogens is 2. The van der Waals surface area contributed by atoms with Crippen molar-refractivity contribution >= 4 is 35.6 Å². The van der Waals surface area contributed by atoms with Crippen LogP contribution in [0.2, 0.25) is 0 Å². The molecule has 1 saturated heterocycles. The van der Waals surface area contributed by atoms with Crippen molar-refractivity contribution in [1.29, 1.82) is 0 Å². The maximum absolute atomic E-state index is 3.76. The minimum Gasteiger partial charge on any atom is -0.315 e. The summed E-state index contributed by atoms with van der Waals surface area (Å²) in [6.07, 6.45) is 2.56. The molecule has 2 nitrogen and oxygen atoms in total. The Morgan fingerprint density at radius 1 is 1.10 bits per heavy atom. The lowest BCUT2D eigenvalue weighted by molar-refractivity contribution is 0.363. The first-order chi connectivity index (χ1) is 9.34. The first kappa shape index (κ1) is 18.2. The molecule has 4 heteroatoms. The molecule has 116 valence electrons. The zero-order chi connectivity index (χ0) is 13.1. The Kier molecular flexibility index (Phi) is 7.47. The van der Waals surface area contributed by atoms with Gasteiger partial charge in [-0.1, -0.05) is 42.5 Å². The number of benzene rings is 2. The van der Waals surface area contributed by atoms with Gasteiger partial charge >= 0.3 is 0 Å². The summed E-state index contributed by atoms with van der Waals surface area (Å²) in [5.41, 5.74) is 1.41. The van der Waals surface area contributed by atoms with Crippen molar-refractivity contribution in [3.63, 3.8) is 0 Å². The Balaban J connectivity index is 0.00000110. The standard InChI is InChI=1S/C17H22N2.2ClH/c1-13(19-15-8-5-11-18-12-15)16-10-4-7-14-6-2-3-9-17(14)16;;/h2-4,6-7,9-10,13,15,18-19H,5,8,11-12H2,1H3;2*1H/t13-,15?;;/m1../s1. The second-order valence-electron chi connectivity index (χ2n) is 5.50. The van der Waals surface area contributed by atoms with E-state index in [4.69, 9.17) is 0 Å². The lowest BCUT2D eigenvalue weighted by Gasteiger charge is -2.28. The summed E-state index contributed by atoms with van der Waals surface area (Å²) in [7, 11) is 0. The third-order valence-electron chi connectivity index (χ3n) is 4.07. The summed E-state index contributed by atoms with van der Waals surface area (Å²) >= 11 is 0. The van der Waals surface area contributed by atoms with Crippen LogP contribution >= 0.6 is 24.8 Å². The minimum absolute atomic E-state index is 0. The van der Waals surface area contributed by atoms with Crippen LogP contribution in [0.5, 0.6) is 0 Å². The van der Waals surface area contributed by atoms with Crippen LogP contribution in [0.25, 0.3) is 10.8 Å². The Morgan fingerprint density at radius 2 is 1.86 bits per heavy atom. The smallest absolute Gasteiger partial charge is 0.0301 e. The van der Waals surface area contributed by atoms with E-state index in [1.54, 1.807) is 0 Å². The lowest BCUT2D eigenvalue weighted by Crippen LogP contribution is -2.43. The molecule has 0 spiro atoms. The molecular formula is C17H24Cl2N2. The second kappa shape index (κ2) is 8.60. The van der Waals surface area contributed by atoms with E-state index in [0.717, 1.165) is 6.54 Å². The highest BCUT2D eigenvalue weighted by Crippen LogP contribution is 2.24. The van der Waals surface area contributed by atoms with Gasteiger partial charge < -0.3 is 10.6 Å². The van der Waals surface area contributed by atoms with Crippen LogP contribution in [0.15, 0.2) is 42.5 Å². The molecule has 3 rings (SSSR count). The van der Waals surface area contributed by atoms with Gasteiger partial charge in [0.15, 0.2) is 0 Å². The van der Waals surface area contributed by atoms with Crippen molar-refractivity contribution in [2.24, 2.45) is 0 Å². The molecule has 1 fully saturated rings. The van der Waals surface area contributed by atoms with Crippen molar-refractivity contribution in [3.8, 4) is 0 Å². The summed E-state index contributed by atoms with van der Waals surface area (Å²) in [5, 5.41) is 9.93. The average Bonchev–Trinajstić information content (AvgIpc) is 2.47. The van der Waals surface area contributed by atoms with Crippen molar-refractivity contribution in [2.75, 3.05) is 13.1 Å². The fraction of sp³-hybridized carbons (Fsp3) is 0.412. The highest BCUT2D eigenvalue weighted by Gasteiger charge is 2.16. The first-order valence-electron chi connectivity index (χ1n) is 7.29. The van der Waals surface area contributed by atoms with Crippen molar-refractivity contribution in [1.82, 2.24) is 10.6 Å². The van der Waals surface area contributed by atoms with Gasteiger partial charge in [-0.25, -0.2) is 0 Å². The SMILES string of the molecule is C[C@@H](NC1CCCNC1)c1cccc2ccccc12.Cl.Cl. The number of hydrogen-bond donors (Lipinski definition) is 2. The molecule has 2 N–H and O–H groups in total. The topological polar surface area (TPSA) is 24.1 Å². The fourth-order valence-corrected chi connectivity index (χ4v) is 3.07. The molecule has 2 aromatic rings. The van der Waals surface area contributed by atoms with Crippen molar-refractivity contribution < 1.29 is 0 Å². The molecule has 0 aliphatic carbocycles. The normalized spacial score (nSPS) is 19.4. The molecule has 1 aliphatic rings. The van der Waals surface area contributed by atoms with E-state index in [2.05, 4.69) is 60.0 Å². The molecule has 0 saturated carbocycles. The highest BCUT2D eigenvalue weighted by molar-refractivity contribution is 5.86. The van der Waals surface area contributed by atoms with Crippen LogP contribution in [0.4, 0.5) is 0 Å². The average molecular weight is 327 g/mol. The van der Waals surface area contributed by atoms with Crippen LogP contribution in [-0.4, -0.2) is 19.1 Å². The Hall–Kier alpha value is -0.800. The molecule has 21 heavy (non-hydrogen) atoms. The monoisotopic (exact) mass is 326 g/mol. The van der Waals surface area contributed by atoms with Gasteiger partial charge in [0.2, 0.25) is 0 Å². The van der Waals surface area contributed by atoms with E-state index in [1.807, 2.05) is 0 Å². The zero-order valence-corrected chi connectivity index (χ0v) is 14.0. The molecule has 0 radical (unpaired) electrons. The van der Waals surface area contributed by atoms with Gasteiger partial charge in [0.1, 0.15) is 0 Å². The van der Waals surface area contributed by atoms with Gasteiger partial charge in [-0.05, 0) is 42.6 Å².